The lowest BCUT2D eigenvalue weighted by molar-refractivity contribution is -0.122. The average molecular weight is 520 g/mol. The van der Waals surface area contributed by atoms with Crippen LogP contribution in [0.15, 0.2) is 68.3 Å². The highest BCUT2D eigenvalue weighted by atomic mass is 32.2. The summed E-state index contributed by atoms with van der Waals surface area (Å²) in [7, 11) is 2.07. The van der Waals surface area contributed by atoms with Crippen molar-refractivity contribution in [3.05, 3.63) is 74.4 Å². The molecular weight excluding hydrogens is 490 g/mol. The molecule has 186 valence electrons. The second kappa shape index (κ2) is 10.5. The van der Waals surface area contributed by atoms with E-state index >= 15 is 0 Å². The second-order valence-corrected chi connectivity index (χ2v) is 11.0. The normalized spacial score (nSPS) is 21.0. The van der Waals surface area contributed by atoms with Crippen molar-refractivity contribution in [2.45, 2.75) is 46.1 Å². The van der Waals surface area contributed by atoms with Gasteiger partial charge in [-0.15, -0.1) is 0 Å². The smallest absolute Gasteiger partial charge is 0.269 e. The Bertz CT molecular complexity index is 1300. The number of nitrogens with zero attached hydrogens (tertiary/aromatic N) is 4. The third kappa shape index (κ3) is 4.82. The van der Waals surface area contributed by atoms with Crippen LogP contribution in [0.2, 0.25) is 0 Å². The summed E-state index contributed by atoms with van der Waals surface area (Å²) in [5.74, 6) is -0.0742. The lowest BCUT2D eigenvalue weighted by Gasteiger charge is -2.20. The van der Waals surface area contributed by atoms with Gasteiger partial charge in [-0.3, -0.25) is 19.5 Å². The molecule has 1 aromatic carbocycles. The maximum Gasteiger partial charge on any atom is 0.269 e. The molecule has 1 aliphatic carbocycles. The summed E-state index contributed by atoms with van der Waals surface area (Å²) in [6.45, 7) is 4.66. The molecule has 0 unspecified atom stereocenters. The number of anilines is 1. The number of thioether (sulfide) groups is 2. The first-order chi connectivity index (χ1) is 17.5. The van der Waals surface area contributed by atoms with Gasteiger partial charge in [0.15, 0.2) is 11.0 Å². The summed E-state index contributed by atoms with van der Waals surface area (Å²) in [6, 6.07) is 9.31. The number of carbonyl (C=O) groups excluding carboxylic acids is 2. The Kier molecular flexibility index (Phi) is 7.20. The van der Waals surface area contributed by atoms with E-state index in [1.807, 2.05) is 25.1 Å². The third-order valence-electron chi connectivity index (χ3n) is 6.43. The van der Waals surface area contributed by atoms with E-state index in [9.17, 15) is 9.59 Å². The van der Waals surface area contributed by atoms with Gasteiger partial charge in [0, 0.05) is 42.2 Å². The molecule has 2 aromatic rings. The first-order valence-electron chi connectivity index (χ1n) is 12.2. The topological polar surface area (TPSA) is 77.9 Å². The highest BCUT2D eigenvalue weighted by Crippen LogP contribution is 2.51. The van der Waals surface area contributed by atoms with E-state index in [4.69, 9.17) is 4.99 Å². The predicted molar refractivity (Wildman–Crippen MR) is 148 cm³/mol. The Morgan fingerprint density at radius 3 is 2.75 bits per heavy atom. The molecule has 0 spiro atoms. The van der Waals surface area contributed by atoms with Crippen LogP contribution in [0.4, 0.5) is 11.4 Å². The van der Waals surface area contributed by atoms with Crippen LogP contribution in [0, 0.1) is 0 Å². The Labute approximate surface area is 220 Å². The molecule has 0 saturated carbocycles. The Morgan fingerprint density at radius 2 is 2.03 bits per heavy atom. The SMILES string of the molecule is CCNc1ccc(C(C)=O)cc1/N=C1/S/C(=C2\SC3=C(CCCC3)N2C)C(=O)N1Cc1cccnc1. The van der Waals surface area contributed by atoms with Crippen LogP contribution in [-0.4, -0.2) is 45.2 Å². The number of ketones is 1. The molecule has 1 aromatic heterocycles. The van der Waals surface area contributed by atoms with Gasteiger partial charge in [0.05, 0.1) is 22.9 Å². The first kappa shape index (κ1) is 24.6. The number of carbonyl (C=O) groups is 2. The highest BCUT2D eigenvalue weighted by molar-refractivity contribution is 8.19. The standard InChI is InChI=1S/C27H29N5O2S2/c1-4-29-20-12-11-19(17(2)33)14-21(20)30-27-32(16-18-8-7-13-28-15-18)25(34)24(36-27)26-31(3)22-9-5-6-10-23(22)35-26/h7-8,11-15,29H,4-6,9-10,16H2,1-3H3/b26-24-,30-27+. The van der Waals surface area contributed by atoms with Crippen LogP contribution in [0.25, 0.3) is 0 Å². The molecule has 3 heterocycles. The zero-order chi connectivity index (χ0) is 25.2. The van der Waals surface area contributed by atoms with E-state index in [0.29, 0.717) is 27.9 Å². The summed E-state index contributed by atoms with van der Waals surface area (Å²) in [6.07, 6.45) is 8.01. The Balaban J connectivity index is 1.57. The van der Waals surface area contributed by atoms with Crippen LogP contribution >= 0.6 is 23.5 Å². The van der Waals surface area contributed by atoms with Gasteiger partial charge in [0.1, 0.15) is 4.91 Å². The van der Waals surface area contributed by atoms with Gasteiger partial charge in [-0.25, -0.2) is 4.99 Å². The van der Waals surface area contributed by atoms with Crippen LogP contribution in [0.3, 0.4) is 0 Å². The van der Waals surface area contributed by atoms with Crippen LogP contribution in [0.5, 0.6) is 0 Å². The van der Waals surface area contributed by atoms with Gasteiger partial charge >= 0.3 is 0 Å². The van der Waals surface area contributed by atoms with Crippen LogP contribution in [-0.2, 0) is 11.3 Å². The van der Waals surface area contributed by atoms with Gasteiger partial charge < -0.3 is 10.2 Å². The van der Waals surface area contributed by atoms with Gasteiger partial charge in [-0.1, -0.05) is 17.8 Å². The number of rotatable bonds is 6. The minimum absolute atomic E-state index is 0.0229. The minimum atomic E-state index is -0.0514. The van der Waals surface area contributed by atoms with Crippen molar-refractivity contribution in [1.82, 2.24) is 14.8 Å². The number of amides is 1. The molecule has 1 N–H and O–H groups in total. The molecule has 36 heavy (non-hydrogen) atoms. The molecule has 1 amide bonds. The molecular formula is C27H29N5O2S2. The average Bonchev–Trinajstić information content (AvgIpc) is 3.37. The molecule has 9 heteroatoms. The van der Waals surface area contributed by atoms with Crippen molar-refractivity contribution in [3.8, 4) is 0 Å². The molecule has 3 aliphatic rings. The second-order valence-electron chi connectivity index (χ2n) is 8.94. The molecule has 1 fully saturated rings. The molecule has 0 bridgehead atoms. The number of aromatic nitrogens is 1. The van der Waals surface area contributed by atoms with Crippen molar-refractivity contribution in [3.63, 3.8) is 0 Å². The van der Waals surface area contributed by atoms with Crippen molar-refractivity contribution in [1.29, 1.82) is 0 Å². The number of Topliss-reactive ketones (excluding diaryl/α,β-unsaturated/α-hetero) is 1. The number of amidine groups is 1. The molecule has 0 atom stereocenters. The fraction of sp³-hybridized carbons (Fsp3) is 0.333. The highest BCUT2D eigenvalue weighted by Gasteiger charge is 2.40. The number of hydrogen-bond donors (Lipinski definition) is 1. The maximum atomic E-state index is 13.9. The number of aliphatic imine (C=N–C) groups is 1. The van der Waals surface area contributed by atoms with Crippen LogP contribution < -0.4 is 5.32 Å². The summed E-state index contributed by atoms with van der Waals surface area (Å²) >= 11 is 3.14. The predicted octanol–water partition coefficient (Wildman–Crippen LogP) is 6.11. The lowest BCUT2D eigenvalue weighted by Crippen LogP contribution is -2.29. The van der Waals surface area contributed by atoms with E-state index in [2.05, 4.69) is 22.2 Å². The van der Waals surface area contributed by atoms with E-state index < -0.39 is 0 Å². The van der Waals surface area contributed by atoms with Crippen molar-refractivity contribution in [2.75, 3.05) is 18.9 Å². The Hall–Kier alpha value is -3.04. The Morgan fingerprint density at radius 1 is 1.19 bits per heavy atom. The molecule has 0 radical (unpaired) electrons. The number of allylic oxidation sites excluding steroid dienone is 2. The van der Waals surface area contributed by atoms with Gasteiger partial charge in [0.2, 0.25) is 0 Å². The van der Waals surface area contributed by atoms with Crippen molar-refractivity contribution < 1.29 is 9.59 Å². The van der Waals surface area contributed by atoms with Gasteiger partial charge in [-0.05, 0) is 81.1 Å². The lowest BCUT2D eigenvalue weighted by atomic mass is 10.0. The minimum Gasteiger partial charge on any atom is -0.384 e. The summed E-state index contributed by atoms with van der Waals surface area (Å²) in [4.78, 5) is 41.1. The van der Waals surface area contributed by atoms with E-state index in [1.165, 1.54) is 35.2 Å². The van der Waals surface area contributed by atoms with Gasteiger partial charge in [0.25, 0.3) is 5.91 Å². The number of nitrogens with one attached hydrogen (secondary N) is 1. The maximum absolute atomic E-state index is 13.9. The monoisotopic (exact) mass is 519 g/mol. The summed E-state index contributed by atoms with van der Waals surface area (Å²) < 4.78 is 0. The van der Waals surface area contributed by atoms with Crippen molar-refractivity contribution in [2.24, 2.45) is 4.99 Å². The molecule has 1 saturated heterocycles. The first-order valence-corrected chi connectivity index (χ1v) is 13.8. The van der Waals surface area contributed by atoms with E-state index in [0.717, 1.165) is 35.7 Å². The summed E-state index contributed by atoms with van der Waals surface area (Å²) in [5.41, 5.74) is 4.34. The number of pyridine rings is 1. The fourth-order valence-electron chi connectivity index (χ4n) is 4.55. The zero-order valence-corrected chi connectivity index (χ0v) is 22.3. The molecule has 2 aliphatic heterocycles. The molecule has 7 nitrogen and oxygen atoms in total. The largest absolute Gasteiger partial charge is 0.384 e. The number of benzene rings is 1. The van der Waals surface area contributed by atoms with Gasteiger partial charge in [-0.2, -0.15) is 0 Å². The fourth-order valence-corrected chi connectivity index (χ4v) is 7.07. The number of hydrogen-bond acceptors (Lipinski definition) is 8. The van der Waals surface area contributed by atoms with E-state index in [-0.39, 0.29) is 11.7 Å². The zero-order valence-electron chi connectivity index (χ0n) is 20.7. The summed E-state index contributed by atoms with van der Waals surface area (Å²) in [5, 5.41) is 4.92. The molecule has 5 rings (SSSR count). The third-order valence-corrected chi connectivity index (χ3v) is 8.98. The van der Waals surface area contributed by atoms with Crippen LogP contribution in [0.1, 0.15) is 55.5 Å². The van der Waals surface area contributed by atoms with Crippen molar-refractivity contribution >= 4 is 51.8 Å². The quantitative estimate of drug-likeness (QED) is 0.364. The van der Waals surface area contributed by atoms with E-state index in [1.54, 1.807) is 48.1 Å².